The Labute approximate surface area is 160 Å². The van der Waals surface area contributed by atoms with Gasteiger partial charge in [-0.3, -0.25) is 5.43 Å². The third-order valence-corrected chi connectivity index (χ3v) is 4.38. The molecule has 0 spiro atoms. The second-order valence-corrected chi connectivity index (χ2v) is 6.35. The van der Waals surface area contributed by atoms with Crippen LogP contribution in [0.3, 0.4) is 0 Å². The van der Waals surface area contributed by atoms with E-state index in [1.165, 1.54) is 6.07 Å². The average molecular weight is 389 g/mol. The molecule has 27 heavy (non-hydrogen) atoms. The molecule has 0 radical (unpaired) electrons. The van der Waals surface area contributed by atoms with Crippen LogP contribution in [0.4, 0.5) is 18.9 Å². The molecular formula is C21H16ClF3N2. The summed E-state index contributed by atoms with van der Waals surface area (Å²) in [7, 11) is 0. The highest BCUT2D eigenvalue weighted by molar-refractivity contribution is 6.33. The van der Waals surface area contributed by atoms with Gasteiger partial charge in [0.05, 0.1) is 22.0 Å². The van der Waals surface area contributed by atoms with Crippen molar-refractivity contribution in [3.63, 3.8) is 0 Å². The maximum atomic E-state index is 12.8. The van der Waals surface area contributed by atoms with E-state index in [4.69, 9.17) is 11.6 Å². The van der Waals surface area contributed by atoms with Crippen LogP contribution in [0.15, 0.2) is 77.9 Å². The lowest BCUT2D eigenvalue weighted by Gasteiger charge is -2.11. The fraction of sp³-hybridized carbons (Fsp3) is 0.0952. The lowest BCUT2D eigenvalue weighted by molar-refractivity contribution is -0.137. The first-order valence-corrected chi connectivity index (χ1v) is 8.55. The van der Waals surface area contributed by atoms with Gasteiger partial charge in [0.15, 0.2) is 0 Å². The van der Waals surface area contributed by atoms with Gasteiger partial charge in [0.1, 0.15) is 0 Å². The van der Waals surface area contributed by atoms with Crippen LogP contribution < -0.4 is 5.43 Å². The zero-order valence-corrected chi connectivity index (χ0v) is 15.1. The monoisotopic (exact) mass is 388 g/mol. The molecular weight excluding hydrogens is 373 g/mol. The van der Waals surface area contributed by atoms with Gasteiger partial charge in [0.2, 0.25) is 0 Å². The fourth-order valence-corrected chi connectivity index (χ4v) is 2.69. The van der Waals surface area contributed by atoms with Crippen molar-refractivity contribution in [2.45, 2.75) is 13.1 Å². The maximum Gasteiger partial charge on any atom is 0.416 e. The Bertz CT molecular complexity index is 949. The van der Waals surface area contributed by atoms with Crippen molar-refractivity contribution in [3.8, 4) is 11.1 Å². The first kappa shape index (κ1) is 19.0. The third kappa shape index (κ3) is 4.68. The van der Waals surface area contributed by atoms with E-state index in [0.717, 1.165) is 28.8 Å². The van der Waals surface area contributed by atoms with E-state index in [-0.39, 0.29) is 10.7 Å². The lowest BCUT2D eigenvalue weighted by atomic mass is 10.0. The number of alkyl halides is 3. The molecule has 0 unspecified atom stereocenters. The standard InChI is InChI=1S/C21H16ClF3N2/c1-14(15-7-9-17(10-8-15)16-5-3-2-4-6-16)26-27-20-13-18(21(23,24)25)11-12-19(20)22/h2-13,27H,1H3. The number of nitrogens with one attached hydrogen (secondary N) is 1. The van der Waals surface area contributed by atoms with Gasteiger partial charge in [-0.15, -0.1) is 0 Å². The van der Waals surface area contributed by atoms with Crippen LogP contribution in [-0.2, 0) is 6.18 Å². The molecule has 0 atom stereocenters. The summed E-state index contributed by atoms with van der Waals surface area (Å²) in [6, 6.07) is 20.8. The number of hydrogen-bond acceptors (Lipinski definition) is 2. The van der Waals surface area contributed by atoms with Crippen LogP contribution in [0.25, 0.3) is 11.1 Å². The van der Waals surface area contributed by atoms with E-state index in [1.807, 2.05) is 54.6 Å². The number of halogens is 4. The molecule has 3 rings (SSSR count). The van der Waals surface area contributed by atoms with Gasteiger partial charge in [-0.2, -0.15) is 18.3 Å². The van der Waals surface area contributed by atoms with Gasteiger partial charge in [-0.05, 0) is 41.8 Å². The van der Waals surface area contributed by atoms with E-state index in [1.54, 1.807) is 6.92 Å². The minimum Gasteiger partial charge on any atom is -0.277 e. The summed E-state index contributed by atoms with van der Waals surface area (Å²) in [5, 5.41) is 4.33. The normalized spacial score (nSPS) is 12.1. The molecule has 3 aromatic rings. The van der Waals surface area contributed by atoms with E-state index < -0.39 is 11.7 Å². The van der Waals surface area contributed by atoms with Crippen molar-refractivity contribution in [3.05, 3.63) is 88.9 Å². The van der Waals surface area contributed by atoms with Crippen molar-refractivity contribution in [1.29, 1.82) is 0 Å². The van der Waals surface area contributed by atoms with Gasteiger partial charge in [0.25, 0.3) is 0 Å². The van der Waals surface area contributed by atoms with Gasteiger partial charge < -0.3 is 0 Å². The Kier molecular flexibility index (Phi) is 5.51. The van der Waals surface area contributed by atoms with Crippen molar-refractivity contribution in [1.82, 2.24) is 0 Å². The Morgan fingerprint density at radius 2 is 1.52 bits per heavy atom. The molecule has 0 bridgehead atoms. The molecule has 0 saturated carbocycles. The molecule has 3 aromatic carbocycles. The topological polar surface area (TPSA) is 24.4 Å². The molecule has 0 aromatic heterocycles. The lowest BCUT2D eigenvalue weighted by Crippen LogP contribution is -2.06. The number of anilines is 1. The smallest absolute Gasteiger partial charge is 0.277 e. The highest BCUT2D eigenvalue weighted by Gasteiger charge is 2.30. The summed E-state index contributed by atoms with van der Waals surface area (Å²) < 4.78 is 38.5. The molecule has 0 aliphatic rings. The first-order valence-electron chi connectivity index (χ1n) is 8.17. The summed E-state index contributed by atoms with van der Waals surface area (Å²) in [5.74, 6) is 0. The molecule has 0 amide bonds. The van der Waals surface area contributed by atoms with Gasteiger partial charge in [-0.25, -0.2) is 0 Å². The molecule has 138 valence electrons. The Morgan fingerprint density at radius 1 is 0.889 bits per heavy atom. The molecule has 6 heteroatoms. The Morgan fingerprint density at radius 3 is 2.15 bits per heavy atom. The highest BCUT2D eigenvalue weighted by atomic mass is 35.5. The largest absolute Gasteiger partial charge is 0.416 e. The van der Waals surface area contributed by atoms with E-state index in [9.17, 15) is 13.2 Å². The Balaban J connectivity index is 1.78. The second kappa shape index (κ2) is 7.84. The predicted octanol–water partition coefficient (Wildman–Crippen LogP) is 6.86. The van der Waals surface area contributed by atoms with Crippen LogP contribution in [-0.4, -0.2) is 5.71 Å². The van der Waals surface area contributed by atoms with Gasteiger partial charge >= 0.3 is 6.18 Å². The van der Waals surface area contributed by atoms with Crippen LogP contribution in [0.5, 0.6) is 0 Å². The van der Waals surface area contributed by atoms with Crippen molar-refractivity contribution >= 4 is 23.0 Å². The fourth-order valence-electron chi connectivity index (χ4n) is 2.53. The molecule has 0 aliphatic heterocycles. The first-order chi connectivity index (χ1) is 12.8. The molecule has 0 heterocycles. The van der Waals surface area contributed by atoms with Crippen molar-refractivity contribution in [2.75, 3.05) is 5.43 Å². The molecule has 0 aliphatic carbocycles. The maximum absolute atomic E-state index is 12.8. The van der Waals surface area contributed by atoms with Gasteiger partial charge in [0, 0.05) is 0 Å². The van der Waals surface area contributed by atoms with Gasteiger partial charge in [-0.1, -0.05) is 66.2 Å². The molecule has 1 N–H and O–H groups in total. The summed E-state index contributed by atoms with van der Waals surface area (Å²) in [4.78, 5) is 0. The van der Waals surface area contributed by atoms with Crippen LogP contribution in [0, 0.1) is 0 Å². The zero-order chi connectivity index (χ0) is 19.4. The Hall–Kier alpha value is -2.79. The second-order valence-electron chi connectivity index (χ2n) is 5.94. The van der Waals surface area contributed by atoms with Crippen LogP contribution >= 0.6 is 11.6 Å². The quantitative estimate of drug-likeness (QED) is 0.383. The number of hydrazone groups is 1. The molecule has 2 nitrogen and oxygen atoms in total. The third-order valence-electron chi connectivity index (χ3n) is 4.05. The number of benzene rings is 3. The number of hydrogen-bond donors (Lipinski definition) is 1. The summed E-state index contributed by atoms with van der Waals surface area (Å²) in [5.41, 5.74) is 5.60. The molecule has 0 saturated heterocycles. The minimum absolute atomic E-state index is 0.103. The summed E-state index contributed by atoms with van der Waals surface area (Å²) in [6.07, 6.45) is -4.44. The van der Waals surface area contributed by atoms with Crippen molar-refractivity contribution in [2.24, 2.45) is 5.10 Å². The molecule has 0 fully saturated rings. The van der Waals surface area contributed by atoms with E-state index in [2.05, 4.69) is 10.5 Å². The predicted molar refractivity (Wildman–Crippen MR) is 104 cm³/mol. The summed E-state index contributed by atoms with van der Waals surface area (Å²) in [6.45, 7) is 1.77. The average Bonchev–Trinajstić information content (AvgIpc) is 2.67. The SMILES string of the molecule is CC(=NNc1cc(C(F)(F)F)ccc1Cl)c1ccc(-c2ccccc2)cc1. The summed E-state index contributed by atoms with van der Waals surface area (Å²) >= 11 is 5.97. The van der Waals surface area contributed by atoms with E-state index >= 15 is 0 Å². The van der Waals surface area contributed by atoms with E-state index in [0.29, 0.717) is 5.71 Å². The van der Waals surface area contributed by atoms with Crippen LogP contribution in [0.1, 0.15) is 18.1 Å². The zero-order valence-electron chi connectivity index (χ0n) is 14.4. The van der Waals surface area contributed by atoms with Crippen molar-refractivity contribution < 1.29 is 13.2 Å². The highest BCUT2D eigenvalue weighted by Crippen LogP contribution is 2.33. The van der Waals surface area contributed by atoms with Crippen LogP contribution in [0.2, 0.25) is 5.02 Å². The number of nitrogens with zero attached hydrogens (tertiary/aromatic N) is 1. The number of rotatable bonds is 4. The minimum atomic E-state index is -4.44.